The van der Waals surface area contributed by atoms with Crippen LogP contribution in [0, 0.1) is 11.3 Å². The zero-order chi connectivity index (χ0) is 19.2. The molecule has 1 heterocycles. The average molecular weight is 419 g/mol. The second-order valence-corrected chi connectivity index (χ2v) is 7.79. The minimum atomic E-state index is -0.270. The number of halogens is 2. The van der Waals surface area contributed by atoms with E-state index in [2.05, 4.69) is 11.4 Å². The maximum Gasteiger partial charge on any atom is 0.225 e. The molecule has 4 nitrogen and oxygen atoms in total. The van der Waals surface area contributed by atoms with E-state index in [1.54, 1.807) is 24.3 Å². The van der Waals surface area contributed by atoms with Gasteiger partial charge in [-0.15, -0.1) is 11.8 Å². The fourth-order valence-electron chi connectivity index (χ4n) is 2.77. The summed E-state index contributed by atoms with van der Waals surface area (Å²) < 4.78 is 5.66. The number of rotatable bonds is 6. The lowest BCUT2D eigenvalue weighted by atomic mass is 9.87. The third-order valence-electron chi connectivity index (χ3n) is 4.05. The summed E-state index contributed by atoms with van der Waals surface area (Å²) in [5, 5.41) is 14.2. The van der Waals surface area contributed by atoms with Crippen LogP contribution in [0.3, 0.4) is 0 Å². The zero-order valence-corrected chi connectivity index (χ0v) is 16.6. The lowest BCUT2D eigenvalue weighted by Crippen LogP contribution is -2.31. The lowest BCUT2D eigenvalue weighted by molar-refractivity contribution is -0.120. The van der Waals surface area contributed by atoms with Crippen molar-refractivity contribution in [1.82, 2.24) is 5.32 Å². The number of amides is 1. The zero-order valence-electron chi connectivity index (χ0n) is 14.2. The molecule has 3 rings (SSSR count). The van der Waals surface area contributed by atoms with E-state index >= 15 is 0 Å². The van der Waals surface area contributed by atoms with Crippen molar-refractivity contribution in [2.45, 2.75) is 12.3 Å². The number of carbonyl (C=O) groups excluding carboxylic acids is 1. The highest BCUT2D eigenvalue weighted by Gasteiger charge is 2.29. The van der Waals surface area contributed by atoms with Crippen molar-refractivity contribution in [2.75, 3.05) is 12.4 Å². The van der Waals surface area contributed by atoms with Crippen LogP contribution in [0.5, 0.6) is 5.75 Å². The van der Waals surface area contributed by atoms with Gasteiger partial charge in [0.2, 0.25) is 5.91 Å². The predicted molar refractivity (Wildman–Crippen MR) is 109 cm³/mol. The van der Waals surface area contributed by atoms with E-state index in [-0.39, 0.29) is 18.2 Å². The molecule has 138 valence electrons. The molecule has 2 aromatic carbocycles. The molecule has 0 fully saturated rings. The summed E-state index contributed by atoms with van der Waals surface area (Å²) in [6.45, 7) is 0.401. The molecule has 1 atom stereocenters. The van der Waals surface area contributed by atoms with Gasteiger partial charge in [0.05, 0.1) is 28.3 Å². The van der Waals surface area contributed by atoms with Gasteiger partial charge in [-0.05, 0) is 29.8 Å². The molecule has 1 amide bonds. The fraction of sp³-hybridized carbons (Fsp3) is 0.200. The van der Waals surface area contributed by atoms with Crippen molar-refractivity contribution in [3.8, 4) is 11.8 Å². The second-order valence-electron chi connectivity index (χ2n) is 5.84. The van der Waals surface area contributed by atoms with Crippen molar-refractivity contribution in [3.05, 3.63) is 74.7 Å². The molecule has 1 aliphatic heterocycles. The van der Waals surface area contributed by atoms with Gasteiger partial charge in [0.1, 0.15) is 5.75 Å². The molecule has 0 unspecified atom stereocenters. The Morgan fingerprint density at radius 2 is 1.93 bits per heavy atom. The standard InChI is InChI=1S/C20H16Cl2N2O2S/c21-14-7-5-13(6-8-14)15-11-19(25)24-20(16(15)12-23)27-10-9-26-18-4-2-1-3-17(18)22/h1-8,15H,9-11H2,(H,24,25)/t15-/m0/s1. The molecule has 1 N–H and O–H groups in total. The molecule has 0 radical (unpaired) electrons. The van der Waals surface area contributed by atoms with Gasteiger partial charge in [0, 0.05) is 23.1 Å². The molecule has 0 saturated heterocycles. The van der Waals surface area contributed by atoms with E-state index in [0.717, 1.165) is 5.56 Å². The van der Waals surface area contributed by atoms with Crippen LogP contribution in [-0.4, -0.2) is 18.3 Å². The first-order chi connectivity index (χ1) is 13.1. The Hall–Kier alpha value is -2.13. The smallest absolute Gasteiger partial charge is 0.225 e. The summed E-state index contributed by atoms with van der Waals surface area (Å²) in [5.74, 6) is 0.803. The van der Waals surface area contributed by atoms with Gasteiger partial charge in [-0.25, -0.2) is 0 Å². The third-order valence-corrected chi connectivity index (χ3v) is 5.60. The van der Waals surface area contributed by atoms with Crippen molar-refractivity contribution in [1.29, 1.82) is 5.26 Å². The van der Waals surface area contributed by atoms with E-state index in [9.17, 15) is 10.1 Å². The number of hydrogen-bond donors (Lipinski definition) is 1. The molecular formula is C20H16Cl2N2O2S. The van der Waals surface area contributed by atoms with Crippen LogP contribution >= 0.6 is 35.0 Å². The number of hydrogen-bond acceptors (Lipinski definition) is 4. The number of nitrogens with one attached hydrogen (secondary N) is 1. The van der Waals surface area contributed by atoms with E-state index in [0.29, 0.717) is 38.8 Å². The summed E-state index contributed by atoms with van der Waals surface area (Å²) in [6, 6.07) is 16.7. The van der Waals surface area contributed by atoms with Gasteiger partial charge < -0.3 is 10.1 Å². The summed E-state index contributed by atoms with van der Waals surface area (Å²) in [4.78, 5) is 12.1. The molecule has 0 aliphatic carbocycles. The Morgan fingerprint density at radius 1 is 1.19 bits per heavy atom. The van der Waals surface area contributed by atoms with Crippen molar-refractivity contribution in [3.63, 3.8) is 0 Å². The molecule has 0 bridgehead atoms. The highest BCUT2D eigenvalue weighted by molar-refractivity contribution is 8.03. The van der Waals surface area contributed by atoms with Crippen LogP contribution in [0.4, 0.5) is 0 Å². The topological polar surface area (TPSA) is 62.1 Å². The Bertz CT molecular complexity index is 907. The Morgan fingerprint density at radius 3 is 2.63 bits per heavy atom. The van der Waals surface area contributed by atoms with Crippen LogP contribution in [0.25, 0.3) is 0 Å². The van der Waals surface area contributed by atoms with Gasteiger partial charge in [-0.1, -0.05) is 47.5 Å². The summed E-state index contributed by atoms with van der Waals surface area (Å²) in [5.41, 5.74) is 1.45. The van der Waals surface area contributed by atoms with Crippen LogP contribution in [-0.2, 0) is 4.79 Å². The first-order valence-electron chi connectivity index (χ1n) is 8.28. The van der Waals surface area contributed by atoms with Crippen molar-refractivity contribution in [2.24, 2.45) is 0 Å². The van der Waals surface area contributed by atoms with Crippen LogP contribution in [0.1, 0.15) is 17.9 Å². The van der Waals surface area contributed by atoms with Crippen molar-refractivity contribution >= 4 is 40.9 Å². The molecule has 27 heavy (non-hydrogen) atoms. The van der Waals surface area contributed by atoms with Crippen LogP contribution < -0.4 is 10.1 Å². The van der Waals surface area contributed by atoms with Gasteiger partial charge in [0.25, 0.3) is 0 Å². The predicted octanol–water partition coefficient (Wildman–Crippen LogP) is 5.14. The van der Waals surface area contributed by atoms with Gasteiger partial charge in [0.15, 0.2) is 0 Å². The third kappa shape index (κ3) is 4.98. The van der Waals surface area contributed by atoms with E-state index < -0.39 is 0 Å². The maximum atomic E-state index is 12.1. The molecule has 2 aromatic rings. The number of ether oxygens (including phenoxy) is 1. The van der Waals surface area contributed by atoms with Crippen molar-refractivity contribution < 1.29 is 9.53 Å². The molecule has 7 heteroatoms. The number of carbonyl (C=O) groups is 1. The highest BCUT2D eigenvalue weighted by Crippen LogP contribution is 2.36. The maximum absolute atomic E-state index is 12.1. The van der Waals surface area contributed by atoms with Gasteiger partial charge in [-0.3, -0.25) is 4.79 Å². The first-order valence-corrected chi connectivity index (χ1v) is 10.0. The van der Waals surface area contributed by atoms with Gasteiger partial charge >= 0.3 is 0 Å². The van der Waals surface area contributed by atoms with Crippen LogP contribution in [0.15, 0.2) is 59.1 Å². The minimum Gasteiger partial charge on any atom is -0.491 e. The summed E-state index contributed by atoms with van der Waals surface area (Å²) in [7, 11) is 0. The number of thioether (sulfide) groups is 1. The average Bonchev–Trinajstić information content (AvgIpc) is 2.66. The van der Waals surface area contributed by atoms with Crippen LogP contribution in [0.2, 0.25) is 10.0 Å². The quantitative estimate of drug-likeness (QED) is 0.659. The molecular weight excluding hydrogens is 403 g/mol. The first kappa shape index (κ1) is 19.6. The lowest BCUT2D eigenvalue weighted by Gasteiger charge is -2.25. The highest BCUT2D eigenvalue weighted by atomic mass is 35.5. The second kappa shape index (κ2) is 9.18. The number of nitriles is 1. The summed E-state index contributed by atoms with van der Waals surface area (Å²) >= 11 is 13.4. The molecule has 0 saturated carbocycles. The fourth-order valence-corrected chi connectivity index (χ4v) is 3.99. The van der Waals surface area contributed by atoms with E-state index in [1.807, 2.05) is 24.3 Å². The Kier molecular flexibility index (Phi) is 6.68. The summed E-state index contributed by atoms with van der Waals surface area (Å²) in [6.07, 6.45) is 0.241. The number of allylic oxidation sites excluding steroid dienone is 1. The Labute approximate surface area is 172 Å². The Balaban J connectivity index is 1.70. The largest absolute Gasteiger partial charge is 0.491 e. The number of para-hydroxylation sites is 1. The SMILES string of the molecule is N#CC1=C(SCCOc2ccccc2Cl)NC(=O)C[C@H]1c1ccc(Cl)cc1. The normalized spacial score (nSPS) is 16.6. The van der Waals surface area contributed by atoms with E-state index in [1.165, 1.54) is 11.8 Å². The number of benzene rings is 2. The van der Waals surface area contributed by atoms with Gasteiger partial charge in [-0.2, -0.15) is 5.26 Å². The number of nitrogens with zero attached hydrogens (tertiary/aromatic N) is 1. The minimum absolute atomic E-state index is 0.108. The molecule has 0 spiro atoms. The molecule has 1 aliphatic rings. The monoisotopic (exact) mass is 418 g/mol. The van der Waals surface area contributed by atoms with E-state index in [4.69, 9.17) is 27.9 Å². The molecule has 0 aromatic heterocycles.